The van der Waals surface area contributed by atoms with Gasteiger partial charge in [-0.2, -0.15) is 0 Å². The lowest BCUT2D eigenvalue weighted by atomic mass is 9.72. The predicted molar refractivity (Wildman–Crippen MR) is 90.8 cm³/mol. The highest BCUT2D eigenvalue weighted by Crippen LogP contribution is 2.36. The molecule has 2 amide bonds. The molecule has 1 heterocycles. The molecule has 1 aliphatic heterocycles. The zero-order valence-corrected chi connectivity index (χ0v) is 14.3. The minimum Gasteiger partial charge on any atom is -0.478 e. The first-order chi connectivity index (χ1) is 11.4. The second kappa shape index (κ2) is 7.66. The number of nitrogens with one attached hydrogen (secondary N) is 1. The first-order valence-corrected chi connectivity index (χ1v) is 8.34. The first-order valence-electron chi connectivity index (χ1n) is 8.34. The van der Waals surface area contributed by atoms with E-state index in [1.165, 1.54) is 12.1 Å². The molecule has 0 spiro atoms. The van der Waals surface area contributed by atoms with Crippen molar-refractivity contribution in [2.45, 2.75) is 33.2 Å². The molecule has 1 atom stereocenters. The SMILES string of the molecule is CC(C)C1(CO)CCCN(C(=O)NCc2ccc(C(=O)O)cc2)C1. The van der Waals surface area contributed by atoms with E-state index in [0.717, 1.165) is 18.4 Å². The maximum Gasteiger partial charge on any atom is 0.335 e. The van der Waals surface area contributed by atoms with Crippen molar-refractivity contribution in [3.8, 4) is 0 Å². The van der Waals surface area contributed by atoms with Gasteiger partial charge in [-0.1, -0.05) is 26.0 Å². The fraction of sp³-hybridized carbons (Fsp3) is 0.556. The Morgan fingerprint density at radius 1 is 1.29 bits per heavy atom. The van der Waals surface area contributed by atoms with Gasteiger partial charge in [-0.3, -0.25) is 0 Å². The summed E-state index contributed by atoms with van der Waals surface area (Å²) in [5, 5.41) is 21.5. The molecule has 0 saturated carbocycles. The summed E-state index contributed by atoms with van der Waals surface area (Å²) in [7, 11) is 0. The van der Waals surface area contributed by atoms with Crippen LogP contribution >= 0.6 is 0 Å². The molecule has 1 saturated heterocycles. The lowest BCUT2D eigenvalue weighted by Crippen LogP contribution is -2.52. The number of nitrogens with zero attached hydrogens (tertiary/aromatic N) is 1. The van der Waals surface area contributed by atoms with Gasteiger partial charge in [0.15, 0.2) is 0 Å². The van der Waals surface area contributed by atoms with Crippen LogP contribution in [0, 0.1) is 11.3 Å². The summed E-state index contributed by atoms with van der Waals surface area (Å²) in [6, 6.07) is 6.31. The fourth-order valence-electron chi connectivity index (χ4n) is 3.17. The molecule has 0 bridgehead atoms. The number of likely N-dealkylation sites (tertiary alicyclic amines) is 1. The van der Waals surface area contributed by atoms with E-state index in [-0.39, 0.29) is 23.6 Å². The molecule has 0 aromatic heterocycles. The van der Waals surface area contributed by atoms with Crippen molar-refractivity contribution in [3.63, 3.8) is 0 Å². The van der Waals surface area contributed by atoms with E-state index in [1.54, 1.807) is 17.0 Å². The number of benzene rings is 1. The number of carbonyl (C=O) groups excluding carboxylic acids is 1. The normalized spacial score (nSPS) is 20.9. The average molecular weight is 334 g/mol. The first kappa shape index (κ1) is 18.3. The highest BCUT2D eigenvalue weighted by molar-refractivity contribution is 5.87. The molecule has 1 fully saturated rings. The predicted octanol–water partition coefficient (Wildman–Crippen LogP) is 2.32. The number of carbonyl (C=O) groups is 2. The van der Waals surface area contributed by atoms with Crippen LogP contribution in [0.2, 0.25) is 0 Å². The smallest absolute Gasteiger partial charge is 0.335 e. The maximum absolute atomic E-state index is 12.4. The zero-order valence-electron chi connectivity index (χ0n) is 14.3. The summed E-state index contributed by atoms with van der Waals surface area (Å²) in [6.45, 7) is 5.86. The molecule has 6 nitrogen and oxygen atoms in total. The number of piperidine rings is 1. The van der Waals surface area contributed by atoms with Gasteiger partial charge >= 0.3 is 12.0 Å². The number of carboxylic acids is 1. The molecule has 1 aliphatic rings. The summed E-state index contributed by atoms with van der Waals surface area (Å²) in [4.78, 5) is 25.0. The van der Waals surface area contributed by atoms with Crippen LogP contribution in [0.4, 0.5) is 4.79 Å². The second-order valence-corrected chi connectivity index (χ2v) is 6.86. The van der Waals surface area contributed by atoms with Crippen molar-refractivity contribution in [1.82, 2.24) is 10.2 Å². The molecule has 0 aliphatic carbocycles. The van der Waals surface area contributed by atoms with Crippen molar-refractivity contribution >= 4 is 12.0 Å². The van der Waals surface area contributed by atoms with Crippen LogP contribution < -0.4 is 5.32 Å². The number of aromatic carboxylic acids is 1. The van der Waals surface area contributed by atoms with Crippen molar-refractivity contribution in [2.75, 3.05) is 19.7 Å². The minimum atomic E-state index is -0.965. The van der Waals surface area contributed by atoms with Crippen molar-refractivity contribution in [2.24, 2.45) is 11.3 Å². The Morgan fingerprint density at radius 2 is 1.96 bits per heavy atom. The number of urea groups is 1. The molecule has 6 heteroatoms. The molecule has 24 heavy (non-hydrogen) atoms. The minimum absolute atomic E-state index is 0.0884. The van der Waals surface area contributed by atoms with Gasteiger partial charge in [-0.25, -0.2) is 9.59 Å². The third kappa shape index (κ3) is 4.06. The van der Waals surface area contributed by atoms with Crippen molar-refractivity contribution in [1.29, 1.82) is 0 Å². The maximum atomic E-state index is 12.4. The molecule has 1 unspecified atom stereocenters. The van der Waals surface area contributed by atoms with Gasteiger partial charge in [-0.15, -0.1) is 0 Å². The summed E-state index contributed by atoms with van der Waals surface area (Å²) in [5.74, 6) is -0.658. The number of carboxylic acid groups (broad SMARTS) is 1. The van der Waals surface area contributed by atoms with Gasteiger partial charge in [0.05, 0.1) is 12.2 Å². The van der Waals surface area contributed by atoms with E-state index in [4.69, 9.17) is 5.11 Å². The van der Waals surface area contributed by atoms with Crippen LogP contribution in [0.5, 0.6) is 0 Å². The Hall–Kier alpha value is -2.08. The lowest BCUT2D eigenvalue weighted by Gasteiger charge is -2.44. The largest absolute Gasteiger partial charge is 0.478 e. The van der Waals surface area contributed by atoms with Gasteiger partial charge in [0.1, 0.15) is 0 Å². The van der Waals surface area contributed by atoms with E-state index in [2.05, 4.69) is 19.2 Å². The average Bonchev–Trinajstić information content (AvgIpc) is 2.59. The van der Waals surface area contributed by atoms with Crippen molar-refractivity contribution < 1.29 is 19.8 Å². The highest BCUT2D eigenvalue weighted by Gasteiger charge is 2.39. The zero-order chi connectivity index (χ0) is 17.7. The Kier molecular flexibility index (Phi) is 5.83. The summed E-state index contributed by atoms with van der Waals surface area (Å²) >= 11 is 0. The molecule has 0 radical (unpaired) electrons. The molecule has 1 aromatic carbocycles. The van der Waals surface area contributed by atoms with E-state index in [9.17, 15) is 14.7 Å². The second-order valence-electron chi connectivity index (χ2n) is 6.86. The number of rotatable bonds is 5. The van der Waals surface area contributed by atoms with Crippen LogP contribution in [0.25, 0.3) is 0 Å². The molecule has 132 valence electrons. The van der Waals surface area contributed by atoms with Gasteiger partial charge in [0, 0.05) is 25.0 Å². The van der Waals surface area contributed by atoms with Gasteiger partial charge in [-0.05, 0) is 36.5 Å². The Balaban J connectivity index is 1.93. The lowest BCUT2D eigenvalue weighted by molar-refractivity contribution is 0.0108. The Bertz CT molecular complexity index is 585. The third-order valence-electron chi connectivity index (χ3n) is 5.08. The van der Waals surface area contributed by atoms with Gasteiger partial charge in [0.25, 0.3) is 0 Å². The monoisotopic (exact) mass is 334 g/mol. The third-order valence-corrected chi connectivity index (χ3v) is 5.08. The summed E-state index contributed by atoms with van der Waals surface area (Å²) < 4.78 is 0. The quantitative estimate of drug-likeness (QED) is 0.771. The van der Waals surface area contributed by atoms with Gasteiger partial charge in [0.2, 0.25) is 0 Å². The number of hydrogen-bond donors (Lipinski definition) is 3. The number of aliphatic hydroxyl groups is 1. The molecular formula is C18H26N2O4. The topological polar surface area (TPSA) is 89.9 Å². The van der Waals surface area contributed by atoms with E-state index >= 15 is 0 Å². The number of amides is 2. The number of hydrogen-bond acceptors (Lipinski definition) is 3. The van der Waals surface area contributed by atoms with Crippen molar-refractivity contribution in [3.05, 3.63) is 35.4 Å². The molecule has 1 aromatic rings. The summed E-state index contributed by atoms with van der Waals surface area (Å²) in [5.41, 5.74) is 0.854. The summed E-state index contributed by atoms with van der Waals surface area (Å²) in [6.07, 6.45) is 1.82. The Morgan fingerprint density at radius 3 is 2.50 bits per heavy atom. The fourth-order valence-corrected chi connectivity index (χ4v) is 3.17. The van der Waals surface area contributed by atoms with Crippen LogP contribution in [0.15, 0.2) is 24.3 Å². The Labute approximate surface area is 142 Å². The molecule has 2 rings (SSSR count). The van der Waals surface area contributed by atoms with Crippen LogP contribution in [0.3, 0.4) is 0 Å². The molecule has 3 N–H and O–H groups in total. The van der Waals surface area contributed by atoms with E-state index in [1.807, 2.05) is 0 Å². The van der Waals surface area contributed by atoms with Crippen LogP contribution in [-0.4, -0.2) is 46.8 Å². The molecular weight excluding hydrogens is 308 g/mol. The van der Waals surface area contributed by atoms with Gasteiger partial charge < -0.3 is 20.4 Å². The van der Waals surface area contributed by atoms with E-state index < -0.39 is 5.97 Å². The standard InChI is InChI=1S/C18H26N2O4/c1-13(2)18(12-21)8-3-9-20(11-18)17(24)19-10-14-4-6-15(7-5-14)16(22)23/h4-7,13,21H,3,8-12H2,1-2H3,(H,19,24)(H,22,23). The van der Waals surface area contributed by atoms with Crippen LogP contribution in [0.1, 0.15) is 42.6 Å². The van der Waals surface area contributed by atoms with E-state index in [0.29, 0.717) is 25.6 Å². The van der Waals surface area contributed by atoms with Crippen LogP contribution in [-0.2, 0) is 6.54 Å². The number of aliphatic hydroxyl groups excluding tert-OH is 1. The highest BCUT2D eigenvalue weighted by atomic mass is 16.4.